The van der Waals surface area contributed by atoms with E-state index in [0.717, 1.165) is 57.0 Å². The van der Waals surface area contributed by atoms with Crippen LogP contribution in [0, 0.1) is 28.9 Å². The number of carbonyl (C=O) groups excluding carboxylic acids is 1. The Morgan fingerprint density at radius 1 is 1.18 bits per heavy atom. The summed E-state index contributed by atoms with van der Waals surface area (Å²) < 4.78 is 27.3. The van der Waals surface area contributed by atoms with Gasteiger partial charge in [0.1, 0.15) is 11.6 Å². The van der Waals surface area contributed by atoms with Crippen molar-refractivity contribution >= 4 is 12.0 Å². The number of allylic oxidation sites excluding steroid dienone is 1. The molecule has 33 heavy (non-hydrogen) atoms. The van der Waals surface area contributed by atoms with Crippen LogP contribution in [0.5, 0.6) is 0 Å². The van der Waals surface area contributed by atoms with Crippen LogP contribution in [0.25, 0.3) is 6.08 Å². The standard InChI is InChI=1S/C28H34F2N2O/c1-20-19-32(15-13-22(20)9-8-21-6-4-3-5-7-21)25-12-14-28(2,17-25)27(33)31-18-23-16-24(29)10-11-26(23)30/h3-11,16,20,22,25H,12-15,17-19H2,1-2H3,(H,31,33)/b9-8-/t20-,22+,25?,28?/m0/s1. The zero-order chi connectivity index (χ0) is 23.4. The highest BCUT2D eigenvalue weighted by atomic mass is 19.1. The third kappa shape index (κ3) is 5.70. The summed E-state index contributed by atoms with van der Waals surface area (Å²) >= 11 is 0. The summed E-state index contributed by atoms with van der Waals surface area (Å²) in [6.45, 7) is 6.42. The highest BCUT2D eigenvalue weighted by Gasteiger charge is 2.44. The summed E-state index contributed by atoms with van der Waals surface area (Å²) in [5.41, 5.74) is 0.950. The zero-order valence-corrected chi connectivity index (χ0v) is 19.6. The fourth-order valence-corrected chi connectivity index (χ4v) is 5.41. The van der Waals surface area contributed by atoms with Crippen LogP contribution in [0.15, 0.2) is 54.6 Å². The molecule has 2 aliphatic rings. The lowest BCUT2D eigenvalue weighted by Crippen LogP contribution is -2.45. The Bertz CT molecular complexity index is 993. The van der Waals surface area contributed by atoms with Crippen molar-refractivity contribution in [3.8, 4) is 0 Å². The van der Waals surface area contributed by atoms with Crippen LogP contribution < -0.4 is 5.32 Å². The lowest BCUT2D eigenvalue weighted by Gasteiger charge is -2.39. The van der Waals surface area contributed by atoms with Crippen molar-refractivity contribution in [3.05, 3.63) is 77.4 Å². The Morgan fingerprint density at radius 2 is 1.97 bits per heavy atom. The van der Waals surface area contributed by atoms with E-state index in [-0.39, 0.29) is 18.0 Å². The quantitative estimate of drug-likeness (QED) is 0.600. The number of hydrogen-bond acceptors (Lipinski definition) is 2. The van der Waals surface area contributed by atoms with Crippen LogP contribution in [0.1, 0.15) is 50.7 Å². The van der Waals surface area contributed by atoms with Crippen molar-refractivity contribution in [2.75, 3.05) is 13.1 Å². The van der Waals surface area contributed by atoms with E-state index in [4.69, 9.17) is 0 Å². The Kier molecular flexibility index (Phi) is 7.28. The molecule has 2 aromatic carbocycles. The molecule has 0 radical (unpaired) electrons. The highest BCUT2D eigenvalue weighted by molar-refractivity contribution is 5.82. The SMILES string of the molecule is C[C@H]1CN(C2CCC(C)(C(=O)NCc3cc(F)ccc3F)C2)CC[C@H]1/C=C\c1ccccc1. The minimum Gasteiger partial charge on any atom is -0.351 e. The second-order valence-electron chi connectivity index (χ2n) is 10.1. The van der Waals surface area contributed by atoms with E-state index in [1.165, 1.54) is 5.56 Å². The first kappa shape index (κ1) is 23.6. The number of hydrogen-bond donors (Lipinski definition) is 1. The average Bonchev–Trinajstić information content (AvgIpc) is 3.22. The maximum atomic E-state index is 13.9. The normalized spacial score (nSPS) is 28.3. The first-order chi connectivity index (χ1) is 15.8. The van der Waals surface area contributed by atoms with E-state index in [2.05, 4.69) is 53.6 Å². The predicted molar refractivity (Wildman–Crippen MR) is 128 cm³/mol. The number of rotatable bonds is 6. The summed E-state index contributed by atoms with van der Waals surface area (Å²) in [4.78, 5) is 15.5. The van der Waals surface area contributed by atoms with Crippen LogP contribution in [-0.2, 0) is 11.3 Å². The maximum Gasteiger partial charge on any atom is 0.226 e. The van der Waals surface area contributed by atoms with Crippen LogP contribution in [0.4, 0.5) is 8.78 Å². The van der Waals surface area contributed by atoms with Gasteiger partial charge in [0, 0.05) is 30.1 Å². The van der Waals surface area contributed by atoms with E-state index >= 15 is 0 Å². The minimum atomic E-state index is -0.496. The van der Waals surface area contributed by atoms with Crippen molar-refractivity contribution < 1.29 is 13.6 Å². The molecule has 1 aliphatic carbocycles. The minimum absolute atomic E-state index is 0.0128. The molecule has 1 amide bonds. The van der Waals surface area contributed by atoms with Gasteiger partial charge in [0.05, 0.1) is 0 Å². The summed E-state index contributed by atoms with van der Waals surface area (Å²) in [5.74, 6) is 0.0738. The maximum absolute atomic E-state index is 13.9. The van der Waals surface area contributed by atoms with Gasteiger partial charge in [-0.25, -0.2) is 8.78 Å². The Morgan fingerprint density at radius 3 is 2.73 bits per heavy atom. The molecule has 2 unspecified atom stereocenters. The lowest BCUT2D eigenvalue weighted by molar-refractivity contribution is -0.130. The molecule has 3 nitrogen and oxygen atoms in total. The van der Waals surface area contributed by atoms with Crippen LogP contribution in [-0.4, -0.2) is 29.9 Å². The van der Waals surface area contributed by atoms with Gasteiger partial charge in [0.2, 0.25) is 5.91 Å². The molecular formula is C28H34F2N2O. The molecule has 0 spiro atoms. The lowest BCUT2D eigenvalue weighted by atomic mass is 9.84. The van der Waals surface area contributed by atoms with Crippen molar-refractivity contribution in [2.45, 2.75) is 52.1 Å². The summed E-state index contributed by atoms with van der Waals surface area (Å²) in [6, 6.07) is 14.2. The second-order valence-corrected chi connectivity index (χ2v) is 10.1. The van der Waals surface area contributed by atoms with Crippen LogP contribution >= 0.6 is 0 Å². The number of nitrogens with one attached hydrogen (secondary N) is 1. The van der Waals surface area contributed by atoms with Crippen molar-refractivity contribution in [2.24, 2.45) is 17.3 Å². The number of benzene rings is 2. The van der Waals surface area contributed by atoms with Gasteiger partial charge >= 0.3 is 0 Å². The topological polar surface area (TPSA) is 32.3 Å². The van der Waals surface area contributed by atoms with Gasteiger partial charge in [-0.1, -0.05) is 56.3 Å². The van der Waals surface area contributed by atoms with Gasteiger partial charge in [-0.2, -0.15) is 0 Å². The van der Waals surface area contributed by atoms with E-state index in [1.54, 1.807) is 0 Å². The molecule has 1 saturated carbocycles. The number of halogens is 2. The Labute approximate surface area is 195 Å². The van der Waals surface area contributed by atoms with Gasteiger partial charge in [-0.3, -0.25) is 4.79 Å². The molecule has 1 heterocycles. The van der Waals surface area contributed by atoms with Crippen LogP contribution in [0.3, 0.4) is 0 Å². The fraction of sp³-hybridized carbons (Fsp3) is 0.464. The summed E-state index contributed by atoms with van der Waals surface area (Å²) in [6.07, 6.45) is 8.33. The monoisotopic (exact) mass is 452 g/mol. The molecule has 5 heteroatoms. The molecule has 2 aromatic rings. The number of nitrogens with zero attached hydrogens (tertiary/aromatic N) is 1. The fourth-order valence-electron chi connectivity index (χ4n) is 5.41. The third-order valence-corrected chi connectivity index (χ3v) is 7.57. The second kappa shape index (κ2) is 10.2. The van der Waals surface area contributed by atoms with Crippen molar-refractivity contribution in [1.29, 1.82) is 0 Å². The van der Waals surface area contributed by atoms with Gasteiger partial charge < -0.3 is 10.2 Å². The molecule has 1 N–H and O–H groups in total. The number of carbonyl (C=O) groups is 1. The Hall–Kier alpha value is -2.53. The molecule has 0 aromatic heterocycles. The van der Waals surface area contributed by atoms with E-state index < -0.39 is 17.0 Å². The molecular weight excluding hydrogens is 418 g/mol. The molecule has 1 aliphatic heterocycles. The third-order valence-electron chi connectivity index (χ3n) is 7.57. The van der Waals surface area contributed by atoms with Gasteiger partial charge in [-0.05, 0) is 67.8 Å². The largest absolute Gasteiger partial charge is 0.351 e. The number of likely N-dealkylation sites (tertiary alicyclic amines) is 1. The first-order valence-corrected chi connectivity index (χ1v) is 12.0. The summed E-state index contributed by atoms with van der Waals surface area (Å²) in [5, 5.41) is 2.85. The molecule has 0 bridgehead atoms. The van der Waals surface area contributed by atoms with Gasteiger partial charge in [0.25, 0.3) is 0 Å². The predicted octanol–water partition coefficient (Wildman–Crippen LogP) is 5.81. The molecule has 176 valence electrons. The highest BCUT2D eigenvalue weighted by Crippen LogP contribution is 2.42. The first-order valence-electron chi connectivity index (χ1n) is 12.0. The summed E-state index contributed by atoms with van der Waals surface area (Å²) in [7, 11) is 0. The van der Waals surface area contributed by atoms with E-state index in [1.807, 2.05) is 13.0 Å². The molecule has 2 fully saturated rings. The van der Waals surface area contributed by atoms with Gasteiger partial charge in [-0.15, -0.1) is 0 Å². The molecule has 1 saturated heterocycles. The van der Waals surface area contributed by atoms with E-state index in [0.29, 0.717) is 17.9 Å². The number of piperidine rings is 1. The van der Waals surface area contributed by atoms with Crippen molar-refractivity contribution in [1.82, 2.24) is 10.2 Å². The van der Waals surface area contributed by atoms with Gasteiger partial charge in [0.15, 0.2) is 0 Å². The van der Waals surface area contributed by atoms with E-state index in [9.17, 15) is 13.6 Å². The average molecular weight is 453 g/mol. The molecule has 4 rings (SSSR count). The zero-order valence-electron chi connectivity index (χ0n) is 19.6. The Balaban J connectivity index is 1.29. The smallest absolute Gasteiger partial charge is 0.226 e. The van der Waals surface area contributed by atoms with Crippen molar-refractivity contribution in [3.63, 3.8) is 0 Å². The molecule has 4 atom stereocenters. The van der Waals surface area contributed by atoms with Crippen LogP contribution in [0.2, 0.25) is 0 Å². The number of amides is 1.